The van der Waals surface area contributed by atoms with E-state index in [0.29, 0.717) is 0 Å². The Labute approximate surface area is 91.4 Å². The second-order valence-corrected chi connectivity index (χ2v) is 5.34. The molecule has 0 radical (unpaired) electrons. The van der Waals surface area contributed by atoms with Crippen molar-refractivity contribution in [1.82, 2.24) is 0 Å². The van der Waals surface area contributed by atoms with Gasteiger partial charge in [-0.2, -0.15) is 0 Å². The van der Waals surface area contributed by atoms with Gasteiger partial charge in [0.05, 0.1) is 10.8 Å². The molecule has 3 heteroatoms. The number of aliphatic hydroxyl groups is 1. The first-order valence-electron chi connectivity index (χ1n) is 4.31. The van der Waals surface area contributed by atoms with Gasteiger partial charge in [-0.05, 0) is 24.3 Å². The Morgan fingerprint density at radius 1 is 1.07 bits per heavy atom. The molecule has 14 heavy (non-hydrogen) atoms. The van der Waals surface area contributed by atoms with Gasteiger partial charge in [0.2, 0.25) is 0 Å². The molecule has 0 fully saturated rings. The van der Waals surface area contributed by atoms with E-state index in [4.69, 9.17) is 5.11 Å². The molecule has 0 bridgehead atoms. The van der Waals surface area contributed by atoms with Crippen molar-refractivity contribution in [1.29, 1.82) is 0 Å². The van der Waals surface area contributed by atoms with Crippen molar-refractivity contribution >= 4 is 23.1 Å². The average molecular weight is 222 g/mol. The lowest BCUT2D eigenvalue weighted by molar-refractivity contribution is 0.285. The van der Waals surface area contributed by atoms with Crippen LogP contribution in [0.5, 0.6) is 0 Å². The summed E-state index contributed by atoms with van der Waals surface area (Å²) in [6, 6.07) is 14.3. The Morgan fingerprint density at radius 3 is 2.50 bits per heavy atom. The summed E-state index contributed by atoms with van der Waals surface area (Å²) in [5.74, 6) is 0. The molecule has 0 aliphatic heterocycles. The molecule has 0 spiro atoms. The van der Waals surface area contributed by atoms with E-state index in [1.165, 1.54) is 9.10 Å². The largest absolute Gasteiger partial charge is 0.391 e. The summed E-state index contributed by atoms with van der Waals surface area (Å²) >= 11 is 3.37. The molecule has 1 aromatic carbocycles. The highest BCUT2D eigenvalue weighted by molar-refractivity contribution is 8.01. The maximum atomic E-state index is 8.92. The zero-order valence-corrected chi connectivity index (χ0v) is 9.15. The second kappa shape index (κ2) is 4.64. The Morgan fingerprint density at radius 2 is 1.86 bits per heavy atom. The maximum absolute atomic E-state index is 8.92. The summed E-state index contributed by atoms with van der Waals surface area (Å²) < 4.78 is 1.22. The first-order valence-corrected chi connectivity index (χ1v) is 5.94. The fraction of sp³-hybridized carbons (Fsp3) is 0.0909. The van der Waals surface area contributed by atoms with E-state index >= 15 is 0 Å². The molecule has 0 amide bonds. The molecule has 1 heterocycles. The van der Waals surface area contributed by atoms with Crippen LogP contribution in [0.15, 0.2) is 51.6 Å². The van der Waals surface area contributed by atoms with Gasteiger partial charge in [0, 0.05) is 9.77 Å². The lowest BCUT2D eigenvalue weighted by Crippen LogP contribution is -1.70. The molecule has 0 saturated carbocycles. The minimum Gasteiger partial charge on any atom is -0.391 e. The summed E-state index contributed by atoms with van der Waals surface area (Å²) in [7, 11) is 0. The predicted octanol–water partition coefficient (Wildman–Crippen LogP) is 3.39. The SMILES string of the molecule is OCc1ccc(Sc2ccccc2)s1. The molecule has 0 atom stereocenters. The van der Waals surface area contributed by atoms with Gasteiger partial charge in [0.15, 0.2) is 0 Å². The van der Waals surface area contributed by atoms with Crippen molar-refractivity contribution in [2.75, 3.05) is 0 Å². The normalized spacial score (nSPS) is 10.4. The lowest BCUT2D eigenvalue weighted by Gasteiger charge is -1.96. The Bertz CT molecular complexity index is 395. The van der Waals surface area contributed by atoms with Crippen molar-refractivity contribution in [3.05, 3.63) is 47.3 Å². The van der Waals surface area contributed by atoms with E-state index in [9.17, 15) is 0 Å². The van der Waals surface area contributed by atoms with Gasteiger partial charge in [0.1, 0.15) is 0 Å². The van der Waals surface area contributed by atoms with Crippen LogP contribution in [0.25, 0.3) is 0 Å². The minimum absolute atomic E-state index is 0.139. The molecule has 1 aromatic heterocycles. The topological polar surface area (TPSA) is 20.2 Å². The van der Waals surface area contributed by atoms with E-state index in [2.05, 4.69) is 12.1 Å². The Kier molecular flexibility index (Phi) is 3.24. The van der Waals surface area contributed by atoms with Crippen LogP contribution >= 0.6 is 23.1 Å². The van der Waals surface area contributed by atoms with E-state index in [1.807, 2.05) is 30.3 Å². The highest BCUT2D eigenvalue weighted by Gasteiger charge is 2.00. The van der Waals surface area contributed by atoms with Crippen LogP contribution < -0.4 is 0 Å². The Balaban J connectivity index is 2.11. The fourth-order valence-electron chi connectivity index (χ4n) is 1.10. The Hall–Kier alpha value is -0.770. The van der Waals surface area contributed by atoms with Gasteiger partial charge in [0.25, 0.3) is 0 Å². The predicted molar refractivity (Wildman–Crippen MR) is 60.8 cm³/mol. The van der Waals surface area contributed by atoms with Gasteiger partial charge >= 0.3 is 0 Å². The van der Waals surface area contributed by atoms with Crippen molar-refractivity contribution in [2.45, 2.75) is 15.7 Å². The quantitative estimate of drug-likeness (QED) is 0.859. The smallest absolute Gasteiger partial charge is 0.0774 e. The third-order valence-electron chi connectivity index (χ3n) is 1.75. The molecule has 2 aromatic rings. The van der Waals surface area contributed by atoms with Gasteiger partial charge in [-0.1, -0.05) is 30.0 Å². The van der Waals surface area contributed by atoms with E-state index in [0.717, 1.165) is 4.88 Å². The molecule has 0 unspecified atom stereocenters. The van der Waals surface area contributed by atoms with Crippen molar-refractivity contribution in [3.8, 4) is 0 Å². The van der Waals surface area contributed by atoms with Crippen molar-refractivity contribution < 1.29 is 5.11 Å². The van der Waals surface area contributed by atoms with Crippen LogP contribution in [0.2, 0.25) is 0 Å². The van der Waals surface area contributed by atoms with Gasteiger partial charge in [-0.15, -0.1) is 11.3 Å². The van der Waals surface area contributed by atoms with Gasteiger partial charge in [-0.3, -0.25) is 0 Å². The van der Waals surface area contributed by atoms with Crippen LogP contribution in [0.1, 0.15) is 4.88 Å². The van der Waals surface area contributed by atoms with Crippen LogP contribution in [0.3, 0.4) is 0 Å². The number of hydrogen-bond acceptors (Lipinski definition) is 3. The van der Waals surface area contributed by atoms with E-state index < -0.39 is 0 Å². The number of benzene rings is 1. The summed E-state index contributed by atoms with van der Waals surface area (Å²) in [4.78, 5) is 2.25. The van der Waals surface area contributed by atoms with Crippen LogP contribution in [-0.4, -0.2) is 5.11 Å². The fourth-order valence-corrected chi connectivity index (χ4v) is 3.14. The summed E-state index contributed by atoms with van der Waals surface area (Å²) in [6.07, 6.45) is 0. The molecule has 2 rings (SSSR count). The molecular weight excluding hydrogens is 212 g/mol. The maximum Gasteiger partial charge on any atom is 0.0774 e. The minimum atomic E-state index is 0.139. The zero-order valence-electron chi connectivity index (χ0n) is 7.51. The van der Waals surface area contributed by atoms with Crippen molar-refractivity contribution in [3.63, 3.8) is 0 Å². The highest BCUT2D eigenvalue weighted by atomic mass is 32.2. The van der Waals surface area contributed by atoms with Crippen LogP contribution in [0.4, 0.5) is 0 Å². The number of hydrogen-bond donors (Lipinski definition) is 1. The molecule has 0 aliphatic carbocycles. The van der Waals surface area contributed by atoms with Gasteiger partial charge < -0.3 is 5.11 Å². The molecule has 72 valence electrons. The first-order chi connectivity index (χ1) is 6.88. The van der Waals surface area contributed by atoms with Gasteiger partial charge in [-0.25, -0.2) is 0 Å². The highest BCUT2D eigenvalue weighted by Crippen LogP contribution is 2.32. The summed E-state index contributed by atoms with van der Waals surface area (Å²) in [5, 5.41) is 8.92. The van der Waals surface area contributed by atoms with Crippen LogP contribution in [-0.2, 0) is 6.61 Å². The number of thiophene rings is 1. The zero-order chi connectivity index (χ0) is 9.80. The standard InChI is InChI=1S/C11H10OS2/c12-8-10-6-7-11(14-10)13-9-4-2-1-3-5-9/h1-7,12H,8H2. The van der Waals surface area contributed by atoms with E-state index in [1.54, 1.807) is 23.1 Å². The third kappa shape index (κ3) is 2.38. The summed E-state index contributed by atoms with van der Waals surface area (Å²) in [6.45, 7) is 0.139. The summed E-state index contributed by atoms with van der Waals surface area (Å²) in [5.41, 5.74) is 0. The van der Waals surface area contributed by atoms with Crippen molar-refractivity contribution in [2.24, 2.45) is 0 Å². The van der Waals surface area contributed by atoms with E-state index in [-0.39, 0.29) is 6.61 Å². The molecule has 1 nitrogen and oxygen atoms in total. The lowest BCUT2D eigenvalue weighted by atomic mass is 10.4. The molecule has 0 aliphatic rings. The third-order valence-corrected chi connectivity index (χ3v) is 3.96. The molecule has 1 N–H and O–H groups in total. The van der Waals surface area contributed by atoms with Crippen LogP contribution in [0, 0.1) is 0 Å². The first kappa shape index (κ1) is 9.77. The monoisotopic (exact) mass is 222 g/mol. The second-order valence-electron chi connectivity index (χ2n) is 2.79. The average Bonchev–Trinajstić information content (AvgIpc) is 2.67. The molecule has 0 saturated heterocycles. The molecular formula is C11H10OS2. The number of aliphatic hydroxyl groups excluding tert-OH is 1. The number of rotatable bonds is 3.